The number of fused-ring (bicyclic) bond motifs is 1. The van der Waals surface area contributed by atoms with Crippen molar-refractivity contribution >= 4 is 44.3 Å². The van der Waals surface area contributed by atoms with Gasteiger partial charge in [-0.2, -0.15) is 0 Å². The van der Waals surface area contributed by atoms with Crippen LogP contribution in [0, 0.1) is 0 Å². The highest BCUT2D eigenvalue weighted by Gasteiger charge is 2.20. The number of ketones is 1. The number of benzene rings is 3. The molecule has 148 valence electrons. The summed E-state index contributed by atoms with van der Waals surface area (Å²) in [5.74, 6) is -1.54. The van der Waals surface area contributed by atoms with Gasteiger partial charge in [0, 0.05) is 11.1 Å². The van der Waals surface area contributed by atoms with Gasteiger partial charge in [0.05, 0.1) is 15.8 Å². The molecule has 1 amide bonds. The van der Waals surface area contributed by atoms with Crippen LogP contribution in [-0.4, -0.2) is 29.3 Å². The predicted octanol–water partition coefficient (Wildman–Crippen LogP) is 4.32. The van der Waals surface area contributed by atoms with E-state index in [1.807, 2.05) is 24.3 Å². The topological polar surface area (TPSA) is 85.4 Å². The van der Waals surface area contributed by atoms with Crippen molar-refractivity contribution in [3.05, 3.63) is 95.6 Å². The first-order valence-corrected chi connectivity index (χ1v) is 9.95. The Balaban J connectivity index is 1.43. The first-order chi connectivity index (χ1) is 14.6. The van der Waals surface area contributed by atoms with E-state index in [-0.39, 0.29) is 16.9 Å². The fourth-order valence-corrected chi connectivity index (χ4v) is 3.78. The second kappa shape index (κ2) is 8.67. The maximum absolute atomic E-state index is 12.7. The van der Waals surface area contributed by atoms with Gasteiger partial charge in [-0.05, 0) is 18.2 Å². The van der Waals surface area contributed by atoms with E-state index in [1.165, 1.54) is 17.4 Å². The van der Waals surface area contributed by atoms with E-state index in [0.717, 1.165) is 10.2 Å². The van der Waals surface area contributed by atoms with Crippen LogP contribution in [0.3, 0.4) is 0 Å². The second-order valence-corrected chi connectivity index (χ2v) is 7.38. The van der Waals surface area contributed by atoms with E-state index < -0.39 is 18.5 Å². The van der Waals surface area contributed by atoms with Crippen LogP contribution < -0.4 is 5.32 Å². The van der Waals surface area contributed by atoms with Gasteiger partial charge in [0.2, 0.25) is 0 Å². The Bertz CT molecular complexity index is 1200. The number of thiazole rings is 1. The molecule has 0 unspecified atom stereocenters. The summed E-state index contributed by atoms with van der Waals surface area (Å²) in [6.45, 7) is -0.484. The fraction of sp³-hybridized carbons (Fsp3) is 0.0435. The lowest BCUT2D eigenvalue weighted by atomic mass is 9.98. The van der Waals surface area contributed by atoms with Crippen molar-refractivity contribution in [2.24, 2.45) is 0 Å². The molecule has 0 aliphatic heterocycles. The molecular weight excluding hydrogens is 400 g/mol. The van der Waals surface area contributed by atoms with Crippen molar-refractivity contribution in [3.63, 3.8) is 0 Å². The number of rotatable bonds is 6. The monoisotopic (exact) mass is 416 g/mol. The first-order valence-electron chi connectivity index (χ1n) is 9.13. The molecule has 0 aliphatic rings. The van der Waals surface area contributed by atoms with Gasteiger partial charge < -0.3 is 4.74 Å². The average Bonchev–Trinajstić information content (AvgIpc) is 3.19. The number of esters is 1. The summed E-state index contributed by atoms with van der Waals surface area (Å²) >= 11 is 1.33. The van der Waals surface area contributed by atoms with Gasteiger partial charge in [0.1, 0.15) is 0 Å². The van der Waals surface area contributed by atoms with Gasteiger partial charge in [-0.25, -0.2) is 9.78 Å². The summed E-state index contributed by atoms with van der Waals surface area (Å²) in [7, 11) is 0. The van der Waals surface area contributed by atoms with Crippen LogP contribution in [0.15, 0.2) is 78.9 Å². The van der Waals surface area contributed by atoms with Crippen LogP contribution in [0.5, 0.6) is 0 Å². The van der Waals surface area contributed by atoms with E-state index in [9.17, 15) is 14.4 Å². The molecule has 0 spiro atoms. The number of amides is 1. The minimum atomic E-state index is -0.741. The van der Waals surface area contributed by atoms with Crippen molar-refractivity contribution in [3.8, 4) is 0 Å². The smallest absolute Gasteiger partial charge is 0.339 e. The van der Waals surface area contributed by atoms with Gasteiger partial charge in [-0.3, -0.25) is 14.9 Å². The zero-order valence-electron chi connectivity index (χ0n) is 15.7. The van der Waals surface area contributed by atoms with Crippen LogP contribution in [-0.2, 0) is 9.53 Å². The quantitative estimate of drug-likeness (QED) is 0.374. The molecule has 1 heterocycles. The van der Waals surface area contributed by atoms with E-state index in [4.69, 9.17) is 4.74 Å². The van der Waals surface area contributed by atoms with Crippen LogP contribution in [0.4, 0.5) is 5.13 Å². The zero-order chi connectivity index (χ0) is 20.9. The van der Waals surface area contributed by atoms with Crippen molar-refractivity contribution in [2.45, 2.75) is 0 Å². The molecule has 3 aromatic carbocycles. The first kappa shape index (κ1) is 19.5. The molecule has 0 aliphatic carbocycles. The summed E-state index contributed by atoms with van der Waals surface area (Å²) in [5.41, 5.74) is 1.58. The molecule has 1 N–H and O–H groups in total. The van der Waals surface area contributed by atoms with Crippen molar-refractivity contribution in [1.29, 1.82) is 0 Å². The number of para-hydroxylation sites is 1. The third kappa shape index (κ3) is 4.26. The number of carbonyl (C=O) groups excluding carboxylic acids is 3. The summed E-state index contributed by atoms with van der Waals surface area (Å²) in [6.07, 6.45) is 0. The number of carbonyl (C=O) groups is 3. The number of hydrogen-bond acceptors (Lipinski definition) is 6. The lowest BCUT2D eigenvalue weighted by molar-refractivity contribution is -0.119. The number of anilines is 1. The molecular formula is C23H16N2O4S. The van der Waals surface area contributed by atoms with Gasteiger partial charge in [0.15, 0.2) is 17.5 Å². The molecule has 4 rings (SSSR count). The predicted molar refractivity (Wildman–Crippen MR) is 115 cm³/mol. The molecule has 0 saturated heterocycles. The third-order valence-electron chi connectivity index (χ3n) is 4.30. The van der Waals surface area contributed by atoms with Gasteiger partial charge in [-0.1, -0.05) is 72.0 Å². The second-order valence-electron chi connectivity index (χ2n) is 6.35. The number of nitrogens with zero attached hydrogens (tertiary/aromatic N) is 1. The highest BCUT2D eigenvalue weighted by molar-refractivity contribution is 7.22. The van der Waals surface area contributed by atoms with E-state index >= 15 is 0 Å². The molecule has 6 nitrogen and oxygen atoms in total. The molecule has 0 bridgehead atoms. The number of hydrogen-bond donors (Lipinski definition) is 1. The minimum absolute atomic E-state index is 0.110. The third-order valence-corrected chi connectivity index (χ3v) is 5.25. The van der Waals surface area contributed by atoms with Crippen LogP contribution in [0.25, 0.3) is 10.2 Å². The Labute approximate surface area is 176 Å². The Kier molecular flexibility index (Phi) is 5.63. The fourth-order valence-electron chi connectivity index (χ4n) is 2.89. The maximum Gasteiger partial charge on any atom is 0.339 e. The van der Waals surface area contributed by atoms with Crippen LogP contribution in [0.2, 0.25) is 0 Å². The SMILES string of the molecule is O=C(COC(=O)c1ccccc1C(=O)c1ccccc1)Nc1nc2ccccc2s1. The van der Waals surface area contributed by atoms with Crippen LogP contribution in [0.1, 0.15) is 26.3 Å². The molecule has 0 fully saturated rings. The highest BCUT2D eigenvalue weighted by Crippen LogP contribution is 2.25. The summed E-state index contributed by atoms with van der Waals surface area (Å²) in [5, 5.41) is 3.05. The number of aromatic nitrogens is 1. The summed E-state index contributed by atoms with van der Waals surface area (Å²) in [4.78, 5) is 41.8. The Morgan fingerprint density at radius 2 is 1.50 bits per heavy atom. The van der Waals surface area contributed by atoms with Gasteiger partial charge in [-0.15, -0.1) is 0 Å². The van der Waals surface area contributed by atoms with Crippen molar-refractivity contribution < 1.29 is 19.1 Å². The Morgan fingerprint density at radius 3 is 2.27 bits per heavy atom. The largest absolute Gasteiger partial charge is 0.452 e. The van der Waals surface area contributed by atoms with Crippen molar-refractivity contribution in [1.82, 2.24) is 4.98 Å². The lowest BCUT2D eigenvalue weighted by Gasteiger charge is -2.09. The Hall–Kier alpha value is -3.84. The summed E-state index contributed by atoms with van der Waals surface area (Å²) < 4.78 is 6.08. The lowest BCUT2D eigenvalue weighted by Crippen LogP contribution is -2.22. The molecule has 7 heteroatoms. The van der Waals surface area contributed by atoms with Crippen LogP contribution >= 0.6 is 11.3 Å². The number of nitrogens with one attached hydrogen (secondary N) is 1. The number of ether oxygens (including phenoxy) is 1. The maximum atomic E-state index is 12.7. The normalized spacial score (nSPS) is 10.5. The van der Waals surface area contributed by atoms with Crippen molar-refractivity contribution in [2.75, 3.05) is 11.9 Å². The molecule has 1 aromatic heterocycles. The standard InChI is InChI=1S/C23H16N2O4S/c26-20(25-23-24-18-12-6-7-13-19(18)30-23)14-29-22(28)17-11-5-4-10-16(17)21(27)15-8-2-1-3-9-15/h1-13H,14H2,(H,24,25,26). The average molecular weight is 416 g/mol. The van der Waals surface area contributed by atoms with Gasteiger partial charge in [0.25, 0.3) is 5.91 Å². The molecule has 4 aromatic rings. The minimum Gasteiger partial charge on any atom is -0.452 e. The molecule has 0 radical (unpaired) electrons. The molecule has 0 saturated carbocycles. The van der Waals surface area contributed by atoms with E-state index in [0.29, 0.717) is 10.7 Å². The van der Waals surface area contributed by atoms with Gasteiger partial charge >= 0.3 is 5.97 Å². The van der Waals surface area contributed by atoms with E-state index in [1.54, 1.807) is 48.5 Å². The Morgan fingerprint density at radius 1 is 0.833 bits per heavy atom. The van der Waals surface area contributed by atoms with E-state index in [2.05, 4.69) is 10.3 Å². The molecule has 0 atom stereocenters. The molecule has 30 heavy (non-hydrogen) atoms. The summed E-state index contributed by atoms with van der Waals surface area (Å²) in [6, 6.07) is 22.6. The highest BCUT2D eigenvalue weighted by atomic mass is 32.1. The zero-order valence-corrected chi connectivity index (χ0v) is 16.5.